The minimum atomic E-state index is -1.15. The van der Waals surface area contributed by atoms with Crippen LogP contribution < -0.4 is 5.32 Å². The lowest BCUT2D eigenvalue weighted by Gasteiger charge is -2.44. The zero-order valence-corrected chi connectivity index (χ0v) is 16.5. The van der Waals surface area contributed by atoms with E-state index in [2.05, 4.69) is 5.32 Å². The first-order valence-electron chi connectivity index (χ1n) is 8.08. The van der Waals surface area contributed by atoms with Crippen LogP contribution >= 0.6 is 11.8 Å². The van der Waals surface area contributed by atoms with E-state index in [4.69, 9.17) is 18.9 Å². The molecule has 1 fully saturated rings. The Labute approximate surface area is 160 Å². The van der Waals surface area contributed by atoms with Crippen molar-refractivity contribution in [2.24, 2.45) is 0 Å². The average molecular weight is 405 g/mol. The minimum absolute atomic E-state index is 0.180. The van der Waals surface area contributed by atoms with Gasteiger partial charge < -0.3 is 24.3 Å². The van der Waals surface area contributed by atoms with Crippen LogP contribution in [0.3, 0.4) is 0 Å². The molecule has 1 heterocycles. The summed E-state index contributed by atoms with van der Waals surface area (Å²) in [6.45, 7) is 5.78. The summed E-state index contributed by atoms with van der Waals surface area (Å²) < 4.78 is 20.8. The lowest BCUT2D eigenvalue weighted by atomic mass is 10.0. The third kappa shape index (κ3) is 7.45. The largest absolute Gasteiger partial charge is 0.465 e. The Morgan fingerprint density at radius 3 is 1.74 bits per heavy atom. The molecular formula is C16H23NO9S. The van der Waals surface area contributed by atoms with Crippen molar-refractivity contribution in [3.05, 3.63) is 0 Å². The van der Waals surface area contributed by atoms with Crippen LogP contribution in [0.2, 0.25) is 0 Å². The Morgan fingerprint density at radius 1 is 0.778 bits per heavy atom. The van der Waals surface area contributed by atoms with Crippen molar-refractivity contribution in [1.82, 2.24) is 5.32 Å². The van der Waals surface area contributed by atoms with E-state index in [1.54, 1.807) is 0 Å². The van der Waals surface area contributed by atoms with E-state index in [9.17, 15) is 24.0 Å². The van der Waals surface area contributed by atoms with E-state index >= 15 is 0 Å². The molecule has 10 nitrogen and oxygen atoms in total. The van der Waals surface area contributed by atoms with Crippen molar-refractivity contribution in [3.8, 4) is 0 Å². The van der Waals surface area contributed by atoms with Gasteiger partial charge in [-0.1, -0.05) is 0 Å². The number of hydrogen-bond donors (Lipinski definition) is 1. The summed E-state index contributed by atoms with van der Waals surface area (Å²) in [6.07, 6.45) is -2.19. The molecule has 5 atom stereocenters. The molecule has 27 heavy (non-hydrogen) atoms. The number of esters is 4. The third-order valence-electron chi connectivity index (χ3n) is 3.35. The number of amides is 1. The van der Waals surface area contributed by atoms with Crippen LogP contribution in [0.5, 0.6) is 0 Å². The lowest BCUT2D eigenvalue weighted by molar-refractivity contribution is -0.175. The molecule has 0 aliphatic carbocycles. The molecule has 152 valence electrons. The van der Waals surface area contributed by atoms with Crippen molar-refractivity contribution < 1.29 is 42.9 Å². The van der Waals surface area contributed by atoms with Crippen LogP contribution in [0.15, 0.2) is 0 Å². The molecule has 1 aliphatic heterocycles. The maximum atomic E-state index is 11.6. The molecule has 0 bridgehead atoms. The second kappa shape index (κ2) is 10.1. The molecule has 11 heteroatoms. The number of carbonyl (C=O) groups excluding carboxylic acids is 5. The van der Waals surface area contributed by atoms with E-state index in [0.717, 1.165) is 18.7 Å². The average Bonchev–Trinajstić information content (AvgIpc) is 2.49. The van der Waals surface area contributed by atoms with Gasteiger partial charge in [-0.3, -0.25) is 24.0 Å². The highest BCUT2D eigenvalue weighted by Crippen LogP contribution is 2.37. The molecular weight excluding hydrogens is 382 g/mol. The predicted octanol–water partition coefficient (Wildman–Crippen LogP) is -0.0778. The fourth-order valence-corrected chi connectivity index (χ4v) is 3.99. The summed E-state index contributed by atoms with van der Waals surface area (Å²) in [5.74, 6) is -2.99. The van der Waals surface area contributed by atoms with Crippen LogP contribution in [0.1, 0.15) is 34.6 Å². The Morgan fingerprint density at radius 2 is 1.30 bits per heavy atom. The zero-order chi connectivity index (χ0) is 20.7. The van der Waals surface area contributed by atoms with Gasteiger partial charge in [-0.15, -0.1) is 11.8 Å². The Bertz CT molecular complexity index is 609. The summed E-state index contributed by atoms with van der Waals surface area (Å²) in [7, 11) is 0. The number of rotatable bonds is 6. The van der Waals surface area contributed by atoms with Gasteiger partial charge in [0.15, 0.2) is 17.6 Å². The fraction of sp³-hybridized carbons (Fsp3) is 0.688. The van der Waals surface area contributed by atoms with E-state index in [-0.39, 0.29) is 6.61 Å². The highest BCUT2D eigenvalue weighted by atomic mass is 32.2. The molecule has 0 aromatic heterocycles. The SMILES string of the molecule is CC(=O)N[C@@H]1C(OC(C)=O)C(OC(C)=O)C(COC(C)=O)S[C@H]1OC(C)=O. The van der Waals surface area contributed by atoms with Gasteiger partial charge in [0.1, 0.15) is 12.6 Å². The number of hydrogen-bond acceptors (Lipinski definition) is 10. The molecule has 0 spiro atoms. The van der Waals surface area contributed by atoms with Crippen molar-refractivity contribution in [1.29, 1.82) is 0 Å². The molecule has 1 rings (SSSR count). The lowest BCUT2D eigenvalue weighted by Crippen LogP contribution is -2.63. The summed E-state index contributed by atoms with van der Waals surface area (Å²) in [6, 6.07) is -0.974. The second-order valence-electron chi connectivity index (χ2n) is 5.83. The molecule has 1 amide bonds. The Kier molecular flexibility index (Phi) is 8.54. The fourth-order valence-electron chi connectivity index (χ4n) is 2.55. The highest BCUT2D eigenvalue weighted by molar-refractivity contribution is 8.00. The molecule has 0 aromatic rings. The number of ether oxygens (including phenoxy) is 4. The molecule has 0 saturated carbocycles. The number of nitrogens with one attached hydrogen (secondary N) is 1. The first-order chi connectivity index (χ1) is 12.5. The maximum Gasteiger partial charge on any atom is 0.303 e. The topological polar surface area (TPSA) is 134 Å². The highest BCUT2D eigenvalue weighted by Gasteiger charge is 2.51. The van der Waals surface area contributed by atoms with Gasteiger partial charge in [0.2, 0.25) is 5.91 Å². The maximum absolute atomic E-state index is 11.6. The Balaban J connectivity index is 3.29. The van der Waals surface area contributed by atoms with Crippen molar-refractivity contribution in [2.45, 2.75) is 63.6 Å². The normalized spacial score (nSPS) is 27.1. The number of thioether (sulfide) groups is 1. The van der Waals surface area contributed by atoms with E-state index in [1.165, 1.54) is 27.7 Å². The van der Waals surface area contributed by atoms with Crippen LogP contribution in [-0.2, 0) is 42.9 Å². The van der Waals surface area contributed by atoms with Crippen LogP contribution in [0.4, 0.5) is 0 Å². The summed E-state index contributed by atoms with van der Waals surface area (Å²) in [5, 5.41) is 1.87. The van der Waals surface area contributed by atoms with Gasteiger partial charge in [-0.25, -0.2) is 0 Å². The third-order valence-corrected chi connectivity index (χ3v) is 4.76. The molecule has 0 radical (unpaired) electrons. The molecule has 1 N–H and O–H groups in total. The van der Waals surface area contributed by atoms with Gasteiger partial charge in [-0.2, -0.15) is 0 Å². The van der Waals surface area contributed by atoms with Gasteiger partial charge in [0.25, 0.3) is 0 Å². The van der Waals surface area contributed by atoms with Crippen LogP contribution in [0, 0.1) is 0 Å². The molecule has 3 unspecified atom stereocenters. The van der Waals surface area contributed by atoms with Crippen molar-refractivity contribution in [2.75, 3.05) is 6.61 Å². The monoisotopic (exact) mass is 405 g/mol. The molecule has 1 aliphatic rings. The summed E-state index contributed by atoms with van der Waals surface area (Å²) >= 11 is 1.03. The minimum Gasteiger partial charge on any atom is -0.465 e. The van der Waals surface area contributed by atoms with Crippen molar-refractivity contribution in [3.63, 3.8) is 0 Å². The zero-order valence-electron chi connectivity index (χ0n) is 15.7. The number of carbonyl (C=O) groups is 5. The predicted molar refractivity (Wildman–Crippen MR) is 92.3 cm³/mol. The standard InChI is InChI=1S/C16H23NO9S/c1-7(18)17-13-15(25-10(4)21)14(24-9(3)20)12(6-23-8(2)19)27-16(13)26-11(5)22/h12-16H,6H2,1-5H3,(H,17,18)/t12?,13-,14?,15?,16-/m1/s1. The van der Waals surface area contributed by atoms with Gasteiger partial charge in [0, 0.05) is 34.6 Å². The van der Waals surface area contributed by atoms with E-state index < -0.39 is 58.7 Å². The van der Waals surface area contributed by atoms with Crippen LogP contribution in [0.25, 0.3) is 0 Å². The van der Waals surface area contributed by atoms with Gasteiger partial charge in [-0.05, 0) is 0 Å². The molecule has 0 aromatic carbocycles. The van der Waals surface area contributed by atoms with E-state index in [0.29, 0.717) is 0 Å². The van der Waals surface area contributed by atoms with Gasteiger partial charge in [0.05, 0.1) is 5.25 Å². The summed E-state index contributed by atoms with van der Waals surface area (Å²) in [5.41, 5.74) is -0.955. The first-order valence-corrected chi connectivity index (χ1v) is 9.03. The quantitative estimate of drug-likeness (QED) is 0.472. The second-order valence-corrected chi connectivity index (χ2v) is 7.17. The van der Waals surface area contributed by atoms with E-state index in [1.807, 2.05) is 0 Å². The Hall–Kier alpha value is -2.30. The first kappa shape index (κ1) is 22.7. The smallest absolute Gasteiger partial charge is 0.303 e. The summed E-state index contributed by atoms with van der Waals surface area (Å²) in [4.78, 5) is 57.4. The van der Waals surface area contributed by atoms with Gasteiger partial charge >= 0.3 is 23.9 Å². The van der Waals surface area contributed by atoms with Crippen LogP contribution in [-0.4, -0.2) is 65.3 Å². The van der Waals surface area contributed by atoms with Crippen molar-refractivity contribution >= 4 is 41.5 Å². The molecule has 1 saturated heterocycles.